The van der Waals surface area contributed by atoms with Gasteiger partial charge >= 0.3 is 0 Å². The SMILES string of the molecule is COc1cc(N=C2CC(=O)c3nc(-c4ccccn4)c(-c4ccccn4)nc3C2=O)cc(OC)c1OC. The van der Waals surface area contributed by atoms with Crippen LogP contribution in [0.15, 0.2) is 65.9 Å². The molecule has 0 atom stereocenters. The molecule has 37 heavy (non-hydrogen) atoms. The van der Waals surface area contributed by atoms with Crippen LogP contribution in [0.2, 0.25) is 0 Å². The molecule has 0 spiro atoms. The van der Waals surface area contributed by atoms with E-state index in [1.54, 1.807) is 60.9 Å². The quantitative estimate of drug-likeness (QED) is 0.387. The fourth-order valence-electron chi connectivity index (χ4n) is 3.98. The average Bonchev–Trinajstić information content (AvgIpc) is 2.95. The number of Topliss-reactive ketones (excluding diaryl/α,β-unsaturated/α-hetero) is 2. The van der Waals surface area contributed by atoms with E-state index in [1.165, 1.54) is 21.3 Å². The Balaban J connectivity index is 1.65. The lowest BCUT2D eigenvalue weighted by atomic mass is 9.94. The number of aliphatic imine (C=N–C) groups is 1. The molecule has 0 aliphatic heterocycles. The topological polar surface area (TPSA) is 126 Å². The highest BCUT2D eigenvalue weighted by atomic mass is 16.5. The van der Waals surface area contributed by atoms with Gasteiger partial charge < -0.3 is 14.2 Å². The average molecular weight is 495 g/mol. The van der Waals surface area contributed by atoms with E-state index in [9.17, 15) is 9.59 Å². The number of ketones is 2. The Morgan fingerprint density at radius 1 is 0.730 bits per heavy atom. The molecule has 0 amide bonds. The van der Waals surface area contributed by atoms with Crippen molar-refractivity contribution in [3.05, 3.63) is 72.3 Å². The minimum atomic E-state index is -0.499. The first-order chi connectivity index (χ1) is 18.0. The number of aromatic nitrogens is 4. The molecule has 3 heterocycles. The zero-order valence-electron chi connectivity index (χ0n) is 20.3. The minimum Gasteiger partial charge on any atom is -0.493 e. The number of pyridine rings is 2. The number of hydrogen-bond donors (Lipinski definition) is 0. The Bertz CT molecular complexity index is 1510. The van der Waals surface area contributed by atoms with Gasteiger partial charge in [-0.25, -0.2) is 15.0 Å². The first kappa shape index (κ1) is 23.7. The molecule has 1 aliphatic rings. The van der Waals surface area contributed by atoms with Gasteiger partial charge in [0.1, 0.15) is 22.8 Å². The van der Waals surface area contributed by atoms with Gasteiger partial charge in [0.15, 0.2) is 17.3 Å². The van der Waals surface area contributed by atoms with E-state index < -0.39 is 5.78 Å². The highest BCUT2D eigenvalue weighted by molar-refractivity contribution is 6.52. The van der Waals surface area contributed by atoms with Gasteiger partial charge in [-0.3, -0.25) is 19.6 Å². The van der Waals surface area contributed by atoms with Crippen molar-refractivity contribution in [1.29, 1.82) is 0 Å². The van der Waals surface area contributed by atoms with Gasteiger partial charge in [0.25, 0.3) is 0 Å². The largest absolute Gasteiger partial charge is 0.493 e. The fraction of sp³-hybridized carbons (Fsp3) is 0.148. The van der Waals surface area contributed by atoms with Crippen LogP contribution in [0.4, 0.5) is 5.69 Å². The molecule has 3 aromatic heterocycles. The van der Waals surface area contributed by atoms with Crippen LogP contribution < -0.4 is 14.2 Å². The van der Waals surface area contributed by atoms with Crippen LogP contribution in [-0.2, 0) is 0 Å². The lowest BCUT2D eigenvalue weighted by molar-refractivity contribution is 0.0957. The summed E-state index contributed by atoms with van der Waals surface area (Å²) in [5.41, 5.74) is 1.99. The van der Waals surface area contributed by atoms with Crippen LogP contribution in [0, 0.1) is 0 Å². The molecular formula is C27H21N5O5. The third kappa shape index (κ3) is 4.40. The number of nitrogens with zero attached hydrogens (tertiary/aromatic N) is 5. The van der Waals surface area contributed by atoms with Gasteiger partial charge in [0.05, 0.1) is 50.5 Å². The summed E-state index contributed by atoms with van der Waals surface area (Å²) in [5, 5.41) is 0. The van der Waals surface area contributed by atoms with Crippen molar-refractivity contribution in [2.75, 3.05) is 21.3 Å². The molecule has 1 aliphatic carbocycles. The van der Waals surface area contributed by atoms with E-state index in [0.717, 1.165) is 0 Å². The van der Waals surface area contributed by atoms with Crippen molar-refractivity contribution in [3.8, 4) is 40.0 Å². The van der Waals surface area contributed by atoms with E-state index in [-0.39, 0.29) is 29.3 Å². The summed E-state index contributed by atoms with van der Waals surface area (Å²) in [6.45, 7) is 0. The summed E-state index contributed by atoms with van der Waals surface area (Å²) in [6, 6.07) is 13.9. The van der Waals surface area contributed by atoms with Crippen LogP contribution >= 0.6 is 0 Å². The van der Waals surface area contributed by atoms with Crippen LogP contribution in [0.3, 0.4) is 0 Å². The lowest BCUT2D eigenvalue weighted by Crippen LogP contribution is -2.30. The number of hydrogen-bond acceptors (Lipinski definition) is 10. The van der Waals surface area contributed by atoms with E-state index in [1.807, 2.05) is 0 Å². The molecule has 0 bridgehead atoms. The van der Waals surface area contributed by atoms with Crippen molar-refractivity contribution < 1.29 is 23.8 Å². The number of rotatable bonds is 6. The maximum absolute atomic E-state index is 13.5. The van der Waals surface area contributed by atoms with Gasteiger partial charge in [0, 0.05) is 24.5 Å². The summed E-state index contributed by atoms with van der Waals surface area (Å²) in [7, 11) is 4.45. The number of methoxy groups -OCH3 is 3. The van der Waals surface area contributed by atoms with Crippen LogP contribution in [0.25, 0.3) is 22.8 Å². The molecule has 0 saturated carbocycles. The van der Waals surface area contributed by atoms with Crippen molar-refractivity contribution >= 4 is 23.0 Å². The van der Waals surface area contributed by atoms with E-state index in [4.69, 9.17) is 14.2 Å². The molecule has 184 valence electrons. The number of fused-ring (bicyclic) bond motifs is 1. The maximum Gasteiger partial charge on any atom is 0.228 e. The predicted molar refractivity (Wildman–Crippen MR) is 135 cm³/mol. The van der Waals surface area contributed by atoms with Gasteiger partial charge in [-0.2, -0.15) is 0 Å². The summed E-state index contributed by atoms with van der Waals surface area (Å²) in [4.78, 5) is 49.0. The summed E-state index contributed by atoms with van der Waals surface area (Å²) in [6.07, 6.45) is 3.00. The normalized spacial score (nSPS) is 13.9. The smallest absolute Gasteiger partial charge is 0.228 e. The third-order valence-corrected chi connectivity index (χ3v) is 5.69. The monoisotopic (exact) mass is 495 g/mol. The van der Waals surface area contributed by atoms with E-state index in [2.05, 4.69) is 24.9 Å². The molecule has 0 saturated heterocycles. The lowest BCUT2D eigenvalue weighted by Gasteiger charge is -2.18. The third-order valence-electron chi connectivity index (χ3n) is 5.69. The molecule has 0 N–H and O–H groups in total. The van der Waals surface area contributed by atoms with Gasteiger partial charge in [-0.1, -0.05) is 12.1 Å². The van der Waals surface area contributed by atoms with Crippen LogP contribution in [-0.4, -0.2) is 58.5 Å². The Hall–Kier alpha value is -4.99. The second-order valence-electron chi connectivity index (χ2n) is 7.92. The van der Waals surface area contributed by atoms with Gasteiger partial charge in [0.2, 0.25) is 11.5 Å². The van der Waals surface area contributed by atoms with Crippen molar-refractivity contribution in [3.63, 3.8) is 0 Å². The summed E-state index contributed by atoms with van der Waals surface area (Å²) >= 11 is 0. The highest BCUT2D eigenvalue weighted by Crippen LogP contribution is 2.41. The predicted octanol–water partition coefficient (Wildman–Crippen LogP) is 4.17. The first-order valence-corrected chi connectivity index (χ1v) is 11.2. The molecule has 10 heteroatoms. The Kier molecular flexibility index (Phi) is 6.38. The van der Waals surface area contributed by atoms with Crippen LogP contribution in [0.1, 0.15) is 27.4 Å². The fourth-order valence-corrected chi connectivity index (χ4v) is 3.98. The molecule has 1 aromatic carbocycles. The highest BCUT2D eigenvalue weighted by Gasteiger charge is 2.34. The first-order valence-electron chi connectivity index (χ1n) is 11.2. The molecule has 5 rings (SSSR count). The minimum absolute atomic E-state index is 0.0193. The van der Waals surface area contributed by atoms with Gasteiger partial charge in [-0.15, -0.1) is 0 Å². The molecule has 0 fully saturated rings. The standard InChI is InChI=1S/C27H21N5O5/c1-35-20-12-15(13-21(36-2)27(20)37-3)30-18-14-19(33)24-25(26(18)34)32-23(17-9-5-7-11-29-17)22(31-24)16-8-4-6-10-28-16/h4-13H,14H2,1-3H3. The van der Waals surface area contributed by atoms with E-state index >= 15 is 0 Å². The molecule has 4 aromatic rings. The van der Waals surface area contributed by atoms with Gasteiger partial charge in [-0.05, 0) is 24.3 Å². The zero-order chi connectivity index (χ0) is 25.9. The molecular weight excluding hydrogens is 474 g/mol. The number of carbonyl (C=O) groups excluding carboxylic acids is 2. The second-order valence-corrected chi connectivity index (χ2v) is 7.92. The Labute approximate surface area is 212 Å². The van der Waals surface area contributed by atoms with Crippen molar-refractivity contribution in [2.24, 2.45) is 4.99 Å². The zero-order valence-corrected chi connectivity index (χ0v) is 20.3. The van der Waals surface area contributed by atoms with E-state index in [0.29, 0.717) is 45.7 Å². The Morgan fingerprint density at radius 2 is 1.30 bits per heavy atom. The molecule has 0 radical (unpaired) electrons. The van der Waals surface area contributed by atoms with Crippen molar-refractivity contribution in [1.82, 2.24) is 19.9 Å². The summed E-state index contributed by atoms with van der Waals surface area (Å²) in [5.74, 6) is 0.249. The molecule has 10 nitrogen and oxygen atoms in total. The molecule has 0 unspecified atom stereocenters. The number of ether oxygens (including phenoxy) is 3. The van der Waals surface area contributed by atoms with Crippen LogP contribution in [0.5, 0.6) is 17.2 Å². The van der Waals surface area contributed by atoms with Crippen molar-refractivity contribution in [2.45, 2.75) is 6.42 Å². The number of benzene rings is 1. The summed E-state index contributed by atoms with van der Waals surface area (Å²) < 4.78 is 16.1. The number of carbonyl (C=O) groups is 2. The maximum atomic E-state index is 13.5. The Morgan fingerprint density at radius 3 is 1.78 bits per heavy atom. The second kappa shape index (κ2) is 9.94.